The largest absolute Gasteiger partial charge is 0.478 e. The molecule has 0 fully saturated rings. The van der Waals surface area contributed by atoms with Gasteiger partial charge in [0, 0.05) is 12.1 Å². The molecule has 1 aromatic rings. The Balaban J connectivity index is 3.51. The van der Waals surface area contributed by atoms with E-state index in [9.17, 15) is 13.6 Å². The van der Waals surface area contributed by atoms with Crippen LogP contribution < -0.4 is 5.73 Å². The van der Waals surface area contributed by atoms with Crippen molar-refractivity contribution in [3.8, 4) is 6.07 Å². The van der Waals surface area contributed by atoms with Crippen LogP contribution in [-0.4, -0.2) is 11.1 Å². The second-order valence-corrected chi connectivity index (χ2v) is 3.02. The number of nitriles is 1. The van der Waals surface area contributed by atoms with Crippen LogP contribution in [0.3, 0.4) is 0 Å². The maximum atomic E-state index is 12.4. The minimum atomic E-state index is -2.82. The van der Waals surface area contributed by atoms with Gasteiger partial charge in [-0.15, -0.1) is 0 Å². The summed E-state index contributed by atoms with van der Waals surface area (Å²) in [4.78, 5) is 10.8. The van der Waals surface area contributed by atoms with E-state index in [1.54, 1.807) is 6.07 Å². The number of nitrogens with zero attached hydrogens (tertiary/aromatic N) is 1. The summed E-state index contributed by atoms with van der Waals surface area (Å²) < 4.78 is 24.9. The molecule has 0 saturated carbocycles. The summed E-state index contributed by atoms with van der Waals surface area (Å²) in [6.07, 6.45) is -2.82. The SMILES string of the molecule is N#Cc1cc(C(F)F)cc(C(=O)O)c1CN. The normalized spacial score (nSPS) is 10.2. The third-order valence-electron chi connectivity index (χ3n) is 2.08. The minimum absolute atomic E-state index is 0.0689. The molecule has 0 aliphatic rings. The molecule has 0 aromatic heterocycles. The van der Waals surface area contributed by atoms with Gasteiger partial charge in [0.05, 0.1) is 17.2 Å². The lowest BCUT2D eigenvalue weighted by Gasteiger charge is -2.08. The number of hydrogen-bond acceptors (Lipinski definition) is 3. The van der Waals surface area contributed by atoms with Gasteiger partial charge < -0.3 is 10.8 Å². The molecule has 0 aliphatic carbocycles. The van der Waals surface area contributed by atoms with Crippen LogP contribution >= 0.6 is 0 Å². The number of hydrogen-bond donors (Lipinski definition) is 2. The average Bonchev–Trinajstić information content (AvgIpc) is 2.26. The molecule has 4 nitrogen and oxygen atoms in total. The first-order valence-electron chi connectivity index (χ1n) is 4.29. The van der Waals surface area contributed by atoms with Crippen molar-refractivity contribution in [2.45, 2.75) is 13.0 Å². The van der Waals surface area contributed by atoms with Crippen LogP contribution in [0.4, 0.5) is 8.78 Å². The third-order valence-corrected chi connectivity index (χ3v) is 2.08. The van der Waals surface area contributed by atoms with Gasteiger partial charge in [0.2, 0.25) is 0 Å². The Morgan fingerprint density at radius 1 is 1.56 bits per heavy atom. The van der Waals surface area contributed by atoms with E-state index in [2.05, 4.69) is 0 Å². The van der Waals surface area contributed by atoms with Gasteiger partial charge in [0.15, 0.2) is 0 Å². The Morgan fingerprint density at radius 2 is 2.19 bits per heavy atom. The maximum Gasteiger partial charge on any atom is 0.336 e. The highest BCUT2D eigenvalue weighted by Crippen LogP contribution is 2.24. The van der Waals surface area contributed by atoms with Crippen molar-refractivity contribution in [2.75, 3.05) is 0 Å². The number of carbonyl (C=O) groups is 1. The first-order valence-corrected chi connectivity index (χ1v) is 4.29. The molecule has 84 valence electrons. The van der Waals surface area contributed by atoms with Crippen LogP contribution in [0.25, 0.3) is 0 Å². The van der Waals surface area contributed by atoms with Crippen molar-refractivity contribution < 1.29 is 18.7 Å². The highest BCUT2D eigenvalue weighted by atomic mass is 19.3. The number of carboxylic acid groups (broad SMARTS) is 1. The summed E-state index contributed by atoms with van der Waals surface area (Å²) >= 11 is 0. The average molecular weight is 226 g/mol. The molecule has 6 heteroatoms. The van der Waals surface area contributed by atoms with E-state index in [1.807, 2.05) is 0 Å². The van der Waals surface area contributed by atoms with E-state index < -0.39 is 18.0 Å². The fraction of sp³-hybridized carbons (Fsp3) is 0.200. The second-order valence-electron chi connectivity index (χ2n) is 3.02. The van der Waals surface area contributed by atoms with E-state index in [1.165, 1.54) is 0 Å². The standard InChI is InChI=1S/C10H8F2N2O2/c11-9(12)5-1-6(3-13)8(4-14)7(2-5)10(15)16/h1-2,9H,4,14H2,(H,15,16). The lowest BCUT2D eigenvalue weighted by Crippen LogP contribution is -2.10. The lowest BCUT2D eigenvalue weighted by molar-refractivity contribution is 0.0695. The van der Waals surface area contributed by atoms with E-state index >= 15 is 0 Å². The van der Waals surface area contributed by atoms with Crippen LogP contribution in [-0.2, 0) is 6.54 Å². The number of alkyl halides is 2. The molecule has 0 aliphatic heterocycles. The van der Waals surface area contributed by atoms with E-state index in [4.69, 9.17) is 16.1 Å². The summed E-state index contributed by atoms with van der Waals surface area (Å²) in [5.74, 6) is -1.38. The molecular weight excluding hydrogens is 218 g/mol. The number of nitrogens with two attached hydrogens (primary N) is 1. The molecule has 16 heavy (non-hydrogen) atoms. The highest BCUT2D eigenvalue weighted by Gasteiger charge is 2.18. The minimum Gasteiger partial charge on any atom is -0.478 e. The molecule has 0 unspecified atom stereocenters. The Bertz CT molecular complexity index is 467. The monoisotopic (exact) mass is 226 g/mol. The number of carboxylic acids is 1. The van der Waals surface area contributed by atoms with Gasteiger partial charge in [-0.25, -0.2) is 13.6 Å². The van der Waals surface area contributed by atoms with E-state index in [0.29, 0.717) is 0 Å². The van der Waals surface area contributed by atoms with Crippen molar-refractivity contribution in [1.82, 2.24) is 0 Å². The summed E-state index contributed by atoms with van der Waals surface area (Å²) in [6.45, 7) is -0.186. The highest BCUT2D eigenvalue weighted by molar-refractivity contribution is 5.90. The number of benzene rings is 1. The molecule has 1 rings (SSSR count). The van der Waals surface area contributed by atoms with Crippen LogP contribution in [0, 0.1) is 11.3 Å². The second kappa shape index (κ2) is 4.68. The molecule has 0 saturated heterocycles. The quantitative estimate of drug-likeness (QED) is 0.820. The zero-order valence-corrected chi connectivity index (χ0v) is 8.08. The zero-order chi connectivity index (χ0) is 12.3. The van der Waals surface area contributed by atoms with Gasteiger partial charge in [-0.1, -0.05) is 0 Å². The molecule has 0 atom stereocenters. The predicted molar refractivity (Wildman–Crippen MR) is 51.0 cm³/mol. The van der Waals surface area contributed by atoms with Crippen molar-refractivity contribution in [3.05, 3.63) is 34.4 Å². The van der Waals surface area contributed by atoms with Crippen LogP contribution in [0.1, 0.15) is 33.5 Å². The first kappa shape index (κ1) is 12.1. The number of halogens is 2. The van der Waals surface area contributed by atoms with Gasteiger partial charge in [-0.3, -0.25) is 0 Å². The summed E-state index contributed by atoms with van der Waals surface area (Å²) in [6, 6.07) is 3.46. The number of aromatic carboxylic acids is 1. The zero-order valence-electron chi connectivity index (χ0n) is 8.08. The molecule has 0 amide bonds. The summed E-state index contributed by atoms with van der Waals surface area (Å²) in [5, 5.41) is 17.5. The fourth-order valence-electron chi connectivity index (χ4n) is 1.33. The van der Waals surface area contributed by atoms with Gasteiger partial charge in [-0.2, -0.15) is 5.26 Å². The molecule has 0 spiro atoms. The van der Waals surface area contributed by atoms with E-state index in [-0.39, 0.29) is 23.2 Å². The maximum absolute atomic E-state index is 12.4. The molecule has 0 heterocycles. The Morgan fingerprint density at radius 3 is 2.56 bits per heavy atom. The molecule has 3 N–H and O–H groups in total. The van der Waals surface area contributed by atoms with Crippen LogP contribution in [0.5, 0.6) is 0 Å². The summed E-state index contributed by atoms with van der Waals surface area (Å²) in [7, 11) is 0. The van der Waals surface area contributed by atoms with Crippen molar-refractivity contribution in [1.29, 1.82) is 5.26 Å². The predicted octanol–water partition coefficient (Wildman–Crippen LogP) is 1.65. The topological polar surface area (TPSA) is 87.1 Å². The Labute approximate surface area is 89.9 Å². The molecular formula is C10H8F2N2O2. The lowest BCUT2D eigenvalue weighted by atomic mass is 9.98. The van der Waals surface area contributed by atoms with Gasteiger partial charge in [0.1, 0.15) is 0 Å². The molecule has 1 aromatic carbocycles. The van der Waals surface area contributed by atoms with Crippen molar-refractivity contribution in [2.24, 2.45) is 5.73 Å². The third kappa shape index (κ3) is 2.15. The van der Waals surface area contributed by atoms with Gasteiger partial charge >= 0.3 is 5.97 Å². The fourth-order valence-corrected chi connectivity index (χ4v) is 1.33. The van der Waals surface area contributed by atoms with Crippen molar-refractivity contribution in [3.63, 3.8) is 0 Å². The van der Waals surface area contributed by atoms with Gasteiger partial charge in [-0.05, 0) is 17.7 Å². The van der Waals surface area contributed by atoms with Gasteiger partial charge in [0.25, 0.3) is 6.43 Å². The van der Waals surface area contributed by atoms with E-state index in [0.717, 1.165) is 12.1 Å². The van der Waals surface area contributed by atoms with Crippen LogP contribution in [0.15, 0.2) is 12.1 Å². The Hall–Kier alpha value is -2.00. The summed E-state index contributed by atoms with van der Waals surface area (Å²) in [5.41, 5.74) is 4.39. The molecule has 0 radical (unpaired) electrons. The van der Waals surface area contributed by atoms with Crippen LogP contribution in [0.2, 0.25) is 0 Å². The number of rotatable bonds is 3. The smallest absolute Gasteiger partial charge is 0.336 e. The first-order chi connectivity index (χ1) is 7.51. The molecule has 0 bridgehead atoms. The van der Waals surface area contributed by atoms with Crippen molar-refractivity contribution >= 4 is 5.97 Å². The Kier molecular flexibility index (Phi) is 3.53.